The highest BCUT2D eigenvalue weighted by Gasteiger charge is 2.65. The molecule has 8 atom stereocenters. The zero-order valence-corrected chi connectivity index (χ0v) is 16.7. The maximum absolute atomic E-state index is 13.4. The summed E-state index contributed by atoms with van der Waals surface area (Å²) >= 11 is 0. The third-order valence-electron chi connectivity index (χ3n) is 9.74. The van der Waals surface area contributed by atoms with E-state index < -0.39 is 11.8 Å². The van der Waals surface area contributed by atoms with Crippen LogP contribution in [-0.2, 0) is 4.79 Å². The van der Waals surface area contributed by atoms with Gasteiger partial charge in [-0.3, -0.25) is 4.79 Å². The highest BCUT2D eigenvalue weighted by atomic mass is 19.4. The number of Topliss-reactive ketones (excluding diaryl/α,β-unsaturated/α-hetero) is 1. The molecule has 0 radical (unpaired) electrons. The van der Waals surface area contributed by atoms with Crippen molar-refractivity contribution in [1.82, 2.24) is 0 Å². The van der Waals surface area contributed by atoms with Crippen LogP contribution < -0.4 is 0 Å². The van der Waals surface area contributed by atoms with Crippen LogP contribution in [0, 0.1) is 40.4 Å². The summed E-state index contributed by atoms with van der Waals surface area (Å²) in [6.07, 6.45) is 1.51. The molecule has 4 aliphatic rings. The van der Waals surface area contributed by atoms with Gasteiger partial charge >= 0.3 is 6.18 Å². The number of fused-ring (bicyclic) bond motifs is 5. The Balaban J connectivity index is 1.59. The summed E-state index contributed by atoms with van der Waals surface area (Å²) in [5.41, 5.74) is -2.52. The van der Waals surface area contributed by atoms with Gasteiger partial charge in [0.1, 0.15) is 5.78 Å². The molecule has 0 unspecified atom stereocenters. The standard InChI is InChI=1S/C22H33F3O2/c1-13(26)16-6-7-17-15-5-4-14-12-21(27,22(23,24)25)11-10-19(14,2)18(15)8-9-20(16,17)3/h14-18,27H,4-12H2,1-3H3/t14-,15+,16-,17+,18+,19+,20-,21-/m1/s1. The summed E-state index contributed by atoms with van der Waals surface area (Å²) in [5.74, 6) is 1.94. The van der Waals surface area contributed by atoms with E-state index in [9.17, 15) is 23.1 Å². The molecule has 0 aromatic rings. The van der Waals surface area contributed by atoms with Crippen LogP contribution in [0.2, 0.25) is 0 Å². The molecule has 0 spiro atoms. The number of aliphatic hydroxyl groups is 1. The number of carbonyl (C=O) groups excluding carboxylic acids is 1. The van der Waals surface area contributed by atoms with E-state index in [0.29, 0.717) is 30.0 Å². The largest absolute Gasteiger partial charge is 0.417 e. The number of ketones is 1. The SMILES string of the molecule is CC(=O)[C@H]1CC[C@H]2[C@@H]3CC[C@@H]4C[C@@](O)(C(F)(F)F)CC[C@]4(C)[C@H]3CC[C@]12C. The van der Waals surface area contributed by atoms with Crippen LogP contribution >= 0.6 is 0 Å². The highest BCUT2D eigenvalue weighted by Crippen LogP contribution is 2.68. The van der Waals surface area contributed by atoms with Gasteiger partial charge in [-0.05, 0) is 99.2 Å². The van der Waals surface area contributed by atoms with E-state index in [1.54, 1.807) is 6.92 Å². The van der Waals surface area contributed by atoms with Crippen LogP contribution in [0.15, 0.2) is 0 Å². The predicted octanol–water partition coefficient (Wildman–Crippen LogP) is 5.53. The number of rotatable bonds is 1. The molecule has 0 saturated heterocycles. The molecule has 4 aliphatic carbocycles. The zero-order valence-electron chi connectivity index (χ0n) is 16.7. The first-order valence-corrected chi connectivity index (χ1v) is 10.7. The lowest BCUT2D eigenvalue weighted by Gasteiger charge is -2.62. The van der Waals surface area contributed by atoms with Gasteiger partial charge in [0.05, 0.1) is 0 Å². The molecule has 4 rings (SSSR count). The molecule has 154 valence electrons. The van der Waals surface area contributed by atoms with Crippen molar-refractivity contribution in [3.05, 3.63) is 0 Å². The second-order valence-corrected chi connectivity index (χ2v) is 10.7. The summed E-state index contributed by atoms with van der Waals surface area (Å²) < 4.78 is 40.2. The van der Waals surface area contributed by atoms with Crippen molar-refractivity contribution in [3.63, 3.8) is 0 Å². The van der Waals surface area contributed by atoms with Crippen LogP contribution in [0.25, 0.3) is 0 Å². The maximum Gasteiger partial charge on any atom is 0.417 e. The molecule has 1 N–H and O–H groups in total. The highest BCUT2D eigenvalue weighted by molar-refractivity contribution is 5.79. The van der Waals surface area contributed by atoms with Gasteiger partial charge in [-0.1, -0.05) is 13.8 Å². The van der Waals surface area contributed by atoms with E-state index in [0.717, 1.165) is 38.5 Å². The van der Waals surface area contributed by atoms with E-state index in [4.69, 9.17) is 0 Å². The zero-order chi connectivity index (χ0) is 19.8. The summed E-state index contributed by atoms with van der Waals surface area (Å²) in [4.78, 5) is 12.2. The first kappa shape index (κ1) is 19.7. The molecular formula is C22H33F3O2. The summed E-state index contributed by atoms with van der Waals surface area (Å²) in [6, 6.07) is 0. The third kappa shape index (κ3) is 2.66. The lowest BCUT2D eigenvalue weighted by molar-refractivity contribution is -0.290. The number of alkyl halides is 3. The molecule has 0 aromatic heterocycles. The second kappa shape index (κ2) is 5.96. The van der Waals surface area contributed by atoms with Gasteiger partial charge in [-0.15, -0.1) is 0 Å². The second-order valence-electron chi connectivity index (χ2n) is 10.7. The van der Waals surface area contributed by atoms with Gasteiger partial charge in [0.2, 0.25) is 0 Å². The van der Waals surface area contributed by atoms with Crippen molar-refractivity contribution in [2.75, 3.05) is 0 Å². The molecule has 4 saturated carbocycles. The van der Waals surface area contributed by atoms with Crippen molar-refractivity contribution >= 4 is 5.78 Å². The smallest absolute Gasteiger partial charge is 0.380 e. The van der Waals surface area contributed by atoms with E-state index in [1.807, 2.05) is 0 Å². The van der Waals surface area contributed by atoms with Gasteiger partial charge in [-0.2, -0.15) is 13.2 Å². The maximum atomic E-state index is 13.4. The molecule has 0 bridgehead atoms. The Morgan fingerprint density at radius 3 is 2.22 bits per heavy atom. The number of hydrogen-bond donors (Lipinski definition) is 1. The van der Waals surface area contributed by atoms with Crippen molar-refractivity contribution in [3.8, 4) is 0 Å². The Kier molecular flexibility index (Phi) is 4.36. The van der Waals surface area contributed by atoms with E-state index in [1.165, 1.54) is 0 Å². The Morgan fingerprint density at radius 2 is 1.59 bits per heavy atom. The topological polar surface area (TPSA) is 37.3 Å². The minimum absolute atomic E-state index is 0.0477. The van der Waals surface area contributed by atoms with E-state index in [2.05, 4.69) is 13.8 Å². The molecule has 0 heterocycles. The molecular weight excluding hydrogens is 353 g/mol. The van der Waals surface area contributed by atoms with Crippen LogP contribution in [-0.4, -0.2) is 22.7 Å². The fourth-order valence-electron chi connectivity index (χ4n) is 8.17. The first-order chi connectivity index (χ1) is 12.4. The van der Waals surface area contributed by atoms with Crippen molar-refractivity contribution in [1.29, 1.82) is 0 Å². The average molecular weight is 386 g/mol. The van der Waals surface area contributed by atoms with E-state index in [-0.39, 0.29) is 35.5 Å². The van der Waals surface area contributed by atoms with Crippen LogP contribution in [0.1, 0.15) is 78.6 Å². The van der Waals surface area contributed by atoms with Crippen LogP contribution in [0.5, 0.6) is 0 Å². The third-order valence-corrected chi connectivity index (χ3v) is 9.74. The Labute approximate surface area is 160 Å². The fraction of sp³-hybridized carbons (Fsp3) is 0.955. The molecule has 0 aromatic carbocycles. The number of hydrogen-bond acceptors (Lipinski definition) is 2. The Morgan fingerprint density at radius 1 is 0.926 bits per heavy atom. The van der Waals surface area contributed by atoms with Crippen molar-refractivity contribution in [2.45, 2.75) is 90.3 Å². The van der Waals surface area contributed by atoms with Crippen molar-refractivity contribution in [2.24, 2.45) is 40.4 Å². The van der Waals surface area contributed by atoms with Crippen LogP contribution in [0.3, 0.4) is 0 Å². The molecule has 4 fully saturated rings. The van der Waals surface area contributed by atoms with Crippen LogP contribution in [0.4, 0.5) is 13.2 Å². The monoisotopic (exact) mass is 386 g/mol. The normalized spacial score (nSPS) is 52.6. The molecule has 0 amide bonds. The van der Waals surface area contributed by atoms with Gasteiger partial charge in [0.15, 0.2) is 5.60 Å². The molecule has 0 aliphatic heterocycles. The predicted molar refractivity (Wildman–Crippen MR) is 96.9 cm³/mol. The van der Waals surface area contributed by atoms with Crippen molar-refractivity contribution < 1.29 is 23.1 Å². The Bertz CT molecular complexity index is 632. The average Bonchev–Trinajstić information content (AvgIpc) is 2.92. The minimum Gasteiger partial charge on any atom is -0.380 e. The summed E-state index contributed by atoms with van der Waals surface area (Å²) in [6.45, 7) is 6.22. The number of carbonyl (C=O) groups is 1. The summed E-state index contributed by atoms with van der Waals surface area (Å²) in [7, 11) is 0. The van der Waals surface area contributed by atoms with Gasteiger partial charge in [0, 0.05) is 5.92 Å². The quantitative estimate of drug-likeness (QED) is 0.643. The van der Waals surface area contributed by atoms with E-state index >= 15 is 0 Å². The first-order valence-electron chi connectivity index (χ1n) is 10.7. The number of halogens is 3. The lowest BCUT2D eigenvalue weighted by Crippen LogP contribution is -2.59. The molecule has 5 heteroatoms. The fourth-order valence-corrected chi connectivity index (χ4v) is 8.17. The minimum atomic E-state index is -4.53. The van der Waals surface area contributed by atoms with Gasteiger partial charge in [0.25, 0.3) is 0 Å². The lowest BCUT2D eigenvalue weighted by atomic mass is 9.43. The Hall–Kier alpha value is -0.580. The molecule has 27 heavy (non-hydrogen) atoms. The molecule has 2 nitrogen and oxygen atoms in total. The van der Waals surface area contributed by atoms with Gasteiger partial charge < -0.3 is 5.11 Å². The summed E-state index contributed by atoms with van der Waals surface area (Å²) in [5, 5.41) is 10.3. The van der Waals surface area contributed by atoms with Gasteiger partial charge in [-0.25, -0.2) is 0 Å².